The maximum Gasteiger partial charge on any atom is 0.329 e. The summed E-state index contributed by atoms with van der Waals surface area (Å²) in [5.74, 6) is 6.01. The van der Waals surface area contributed by atoms with Gasteiger partial charge in [-0.1, -0.05) is 112 Å². The van der Waals surface area contributed by atoms with Gasteiger partial charge in [-0.25, -0.2) is 26.4 Å². The van der Waals surface area contributed by atoms with Crippen molar-refractivity contribution in [2.24, 2.45) is 22.1 Å². The number of azo groups is 1. The summed E-state index contributed by atoms with van der Waals surface area (Å²) in [6, 6.07) is 26.6. The van der Waals surface area contributed by atoms with E-state index in [-0.39, 0.29) is 57.7 Å². The maximum absolute atomic E-state index is 12.9. The van der Waals surface area contributed by atoms with Crippen molar-refractivity contribution in [2.45, 2.75) is 49.6 Å². The van der Waals surface area contributed by atoms with Gasteiger partial charge in [-0.3, -0.25) is 9.59 Å². The van der Waals surface area contributed by atoms with E-state index in [1.54, 1.807) is 113 Å². The van der Waals surface area contributed by atoms with Crippen molar-refractivity contribution in [3.63, 3.8) is 0 Å². The lowest BCUT2D eigenvalue weighted by molar-refractivity contribution is -0.148. The first kappa shape index (κ1) is 49.6. The number of nitrogens with one attached hydrogen (secondary N) is 2. The van der Waals surface area contributed by atoms with Crippen LogP contribution in [0.1, 0.15) is 27.7 Å². The van der Waals surface area contributed by atoms with Crippen LogP contribution >= 0.6 is 0 Å². The lowest BCUT2D eigenvalue weighted by atomic mass is 10.0. The van der Waals surface area contributed by atoms with Crippen LogP contribution < -0.4 is 20.1 Å². The van der Waals surface area contributed by atoms with Gasteiger partial charge in [0.1, 0.15) is 46.5 Å². The molecule has 0 bridgehead atoms. The van der Waals surface area contributed by atoms with Gasteiger partial charge in [-0.15, -0.1) is 10.2 Å². The van der Waals surface area contributed by atoms with E-state index in [9.17, 15) is 36.0 Å². The molecule has 64 heavy (non-hydrogen) atoms. The molecular weight excluding hydrogens is 865 g/mol. The van der Waals surface area contributed by atoms with Crippen LogP contribution in [0.2, 0.25) is 0 Å². The summed E-state index contributed by atoms with van der Waals surface area (Å²) in [4.78, 5) is 51.7. The number of hydrogen-bond acceptors (Lipinski definition) is 14. The van der Waals surface area contributed by atoms with Crippen LogP contribution in [-0.4, -0.2) is 90.6 Å². The Hall–Kier alpha value is -7.02. The molecular formula is C46H48N4O12S2. The zero-order chi connectivity index (χ0) is 46.5. The molecule has 0 saturated heterocycles. The molecule has 0 saturated carbocycles. The van der Waals surface area contributed by atoms with Crippen molar-refractivity contribution in [2.75, 3.05) is 37.9 Å². The van der Waals surface area contributed by atoms with Gasteiger partial charge in [-0.05, 0) is 60.4 Å². The highest BCUT2D eigenvalue weighted by molar-refractivity contribution is 7.92. The van der Waals surface area contributed by atoms with Crippen LogP contribution in [0, 0.1) is 35.5 Å². The van der Waals surface area contributed by atoms with Crippen LogP contribution in [0.5, 0.6) is 11.5 Å². The lowest BCUT2D eigenvalue weighted by Crippen LogP contribution is -2.47. The third kappa shape index (κ3) is 16.0. The van der Waals surface area contributed by atoms with Gasteiger partial charge in [-0.2, -0.15) is 0 Å². The van der Waals surface area contributed by atoms with E-state index >= 15 is 0 Å². The molecule has 2 atom stereocenters. The van der Waals surface area contributed by atoms with Crippen LogP contribution in [0.25, 0.3) is 0 Å². The Labute approximate surface area is 373 Å². The molecule has 0 aliphatic carbocycles. The minimum atomic E-state index is -3.62. The van der Waals surface area contributed by atoms with E-state index in [2.05, 4.69) is 44.5 Å². The molecule has 0 unspecified atom stereocenters. The number of carbonyl (C=O) groups excluding carboxylic acids is 4. The third-order valence-electron chi connectivity index (χ3n) is 8.74. The normalized spacial score (nSPS) is 12.2. The molecule has 4 rings (SSSR count). The number of para-hydroxylation sites is 2. The number of sulfone groups is 2. The van der Waals surface area contributed by atoms with E-state index in [0.717, 1.165) is 0 Å². The number of esters is 2. The Morgan fingerprint density at radius 1 is 0.516 bits per heavy atom. The summed E-state index contributed by atoms with van der Waals surface area (Å²) in [6.07, 6.45) is 0. The molecule has 0 aliphatic rings. The number of amides is 2. The van der Waals surface area contributed by atoms with E-state index in [0.29, 0.717) is 0 Å². The zero-order valence-corrected chi connectivity index (χ0v) is 37.2. The summed E-state index contributed by atoms with van der Waals surface area (Å²) in [5, 5.41) is 13.7. The summed E-state index contributed by atoms with van der Waals surface area (Å²) >= 11 is 0. The molecule has 4 aromatic rings. The maximum atomic E-state index is 12.9. The second kappa shape index (κ2) is 24.6. The van der Waals surface area contributed by atoms with Gasteiger partial charge in [0.2, 0.25) is 0 Å². The number of benzene rings is 4. The molecule has 0 aliphatic heterocycles. The smallest absolute Gasteiger partial charge is 0.329 e. The molecule has 18 heteroatoms. The monoisotopic (exact) mass is 912 g/mol. The lowest BCUT2D eigenvalue weighted by Gasteiger charge is -2.20. The SMILES string of the molecule is CC(C)[C@H](NC(=O)COc1ccccc1N=Nc1ccccc1OCC(=O)N[C@H](C(=O)OCC#CCS(=O)(=O)c1ccccc1)C(C)C)C(=O)OCC#CCS(=O)(=O)c1ccccc1. The topological polar surface area (TPSA) is 222 Å². The third-order valence-corrected chi connectivity index (χ3v) is 11.8. The molecule has 0 aromatic heterocycles. The highest BCUT2D eigenvalue weighted by Crippen LogP contribution is 2.32. The molecule has 0 radical (unpaired) electrons. The zero-order valence-electron chi connectivity index (χ0n) is 35.6. The Morgan fingerprint density at radius 2 is 0.859 bits per heavy atom. The Balaban J connectivity index is 1.27. The molecule has 0 heterocycles. The fourth-order valence-electron chi connectivity index (χ4n) is 5.35. The Bertz CT molecular complexity index is 2430. The predicted molar refractivity (Wildman–Crippen MR) is 236 cm³/mol. The fraction of sp³-hybridized carbons (Fsp3) is 0.304. The van der Waals surface area contributed by atoms with Crippen molar-refractivity contribution in [1.82, 2.24) is 10.6 Å². The van der Waals surface area contributed by atoms with E-state index in [1.165, 1.54) is 24.3 Å². The average Bonchev–Trinajstić information content (AvgIpc) is 3.28. The first-order valence-electron chi connectivity index (χ1n) is 19.8. The molecule has 2 N–H and O–H groups in total. The second-order valence-electron chi connectivity index (χ2n) is 14.4. The van der Waals surface area contributed by atoms with Crippen LogP contribution in [0.3, 0.4) is 0 Å². The summed E-state index contributed by atoms with van der Waals surface area (Å²) < 4.78 is 71.5. The van der Waals surface area contributed by atoms with Gasteiger partial charge in [0.05, 0.1) is 9.79 Å². The molecule has 4 aromatic carbocycles. The quantitative estimate of drug-likeness (QED) is 0.0665. The van der Waals surface area contributed by atoms with E-state index in [1.807, 2.05) is 0 Å². The summed E-state index contributed by atoms with van der Waals surface area (Å²) in [6.45, 7) is 5.10. The average molecular weight is 913 g/mol. The van der Waals surface area contributed by atoms with Crippen LogP contribution in [-0.2, 0) is 48.3 Å². The molecule has 2 amide bonds. The van der Waals surface area contributed by atoms with Crippen LogP contribution in [0.4, 0.5) is 11.4 Å². The summed E-state index contributed by atoms with van der Waals surface area (Å²) in [5.41, 5.74) is 0.493. The van der Waals surface area contributed by atoms with Crippen molar-refractivity contribution >= 4 is 54.8 Å². The van der Waals surface area contributed by atoms with Crippen LogP contribution in [0.15, 0.2) is 129 Å². The number of rotatable bonds is 20. The Kier molecular flexibility index (Phi) is 19.1. The van der Waals surface area contributed by atoms with Gasteiger partial charge in [0.25, 0.3) is 11.8 Å². The standard InChI is InChI=1S/C46H48N4O12S2/c1-33(2)43(45(53)59-27-15-17-29-63(55,56)35-19-7-5-8-20-35)47-41(51)31-61-39-25-13-11-23-37(39)49-50-38-24-12-14-26-40(38)62-32-42(52)48-44(34(3)4)46(54)60-28-16-18-30-64(57,58)36-21-9-6-10-22-36/h5-14,19-26,33-34,43-44H,27-32H2,1-4H3,(H,47,51)(H,48,52)/t43-,44-/m0/s1. The minimum absolute atomic E-state index is 0.131. The number of ether oxygens (including phenoxy) is 4. The van der Waals surface area contributed by atoms with Crippen molar-refractivity contribution < 1.29 is 55.0 Å². The Morgan fingerprint density at radius 3 is 1.22 bits per heavy atom. The van der Waals surface area contributed by atoms with Gasteiger partial charge in [0, 0.05) is 0 Å². The highest BCUT2D eigenvalue weighted by Gasteiger charge is 2.27. The predicted octanol–water partition coefficient (Wildman–Crippen LogP) is 5.18. The number of carbonyl (C=O) groups is 4. The van der Waals surface area contributed by atoms with E-state index in [4.69, 9.17) is 18.9 Å². The molecule has 336 valence electrons. The number of nitrogens with zero attached hydrogens (tertiary/aromatic N) is 2. The highest BCUT2D eigenvalue weighted by atomic mass is 32.2. The largest absolute Gasteiger partial charge is 0.481 e. The molecule has 0 spiro atoms. The van der Waals surface area contributed by atoms with Crippen molar-refractivity contribution in [3.8, 4) is 35.2 Å². The molecule has 16 nitrogen and oxygen atoms in total. The number of hydrogen-bond donors (Lipinski definition) is 2. The summed E-state index contributed by atoms with van der Waals surface area (Å²) in [7, 11) is -7.25. The van der Waals surface area contributed by atoms with E-state index < -0.39 is 80.2 Å². The van der Waals surface area contributed by atoms with Crippen molar-refractivity contribution in [3.05, 3.63) is 109 Å². The fourth-order valence-corrected chi connectivity index (χ4v) is 7.42. The first-order chi connectivity index (χ1) is 30.6. The van der Waals surface area contributed by atoms with Gasteiger partial charge >= 0.3 is 11.9 Å². The van der Waals surface area contributed by atoms with Gasteiger partial charge in [0.15, 0.2) is 46.1 Å². The first-order valence-corrected chi connectivity index (χ1v) is 23.1. The second-order valence-corrected chi connectivity index (χ2v) is 18.3. The van der Waals surface area contributed by atoms with Gasteiger partial charge < -0.3 is 29.6 Å². The minimum Gasteiger partial charge on any atom is -0.481 e. The van der Waals surface area contributed by atoms with Crippen molar-refractivity contribution in [1.29, 1.82) is 0 Å². The molecule has 0 fully saturated rings.